The minimum Gasteiger partial charge on any atom is -0.503 e. The van der Waals surface area contributed by atoms with Crippen LogP contribution in [0.5, 0.6) is 5.75 Å². The van der Waals surface area contributed by atoms with Crippen molar-refractivity contribution < 1.29 is 23.8 Å². The summed E-state index contributed by atoms with van der Waals surface area (Å²) in [6.45, 7) is 11.2. The summed E-state index contributed by atoms with van der Waals surface area (Å²) in [7, 11) is 0. The monoisotopic (exact) mass is 466 g/mol. The van der Waals surface area contributed by atoms with E-state index in [1.54, 1.807) is 17.0 Å². The number of amides is 1. The van der Waals surface area contributed by atoms with Crippen molar-refractivity contribution in [1.82, 2.24) is 9.80 Å². The second kappa shape index (κ2) is 11.7. The molecule has 1 atom stereocenters. The molecule has 0 spiro atoms. The highest BCUT2D eigenvalue weighted by molar-refractivity contribution is 6.14. The molecule has 182 valence electrons. The summed E-state index contributed by atoms with van der Waals surface area (Å²) in [5.74, 6) is -0.234. The van der Waals surface area contributed by atoms with E-state index in [0.29, 0.717) is 18.1 Å². The molecule has 2 aromatic rings. The molecule has 0 fully saturated rings. The van der Waals surface area contributed by atoms with Crippen LogP contribution in [-0.2, 0) is 9.59 Å². The Bertz CT molecular complexity index is 1020. The van der Waals surface area contributed by atoms with E-state index in [2.05, 4.69) is 18.7 Å². The zero-order valence-corrected chi connectivity index (χ0v) is 20.4. The Morgan fingerprint density at radius 1 is 1.21 bits per heavy atom. The normalized spacial score (nSPS) is 16.5. The van der Waals surface area contributed by atoms with E-state index in [0.717, 1.165) is 31.6 Å². The highest BCUT2D eigenvalue weighted by Crippen LogP contribution is 2.38. The minimum atomic E-state index is -0.675. The lowest BCUT2D eigenvalue weighted by molar-refractivity contribution is -0.129. The first-order chi connectivity index (χ1) is 16.3. The van der Waals surface area contributed by atoms with Gasteiger partial charge >= 0.3 is 0 Å². The molecule has 0 bridgehead atoms. The molecule has 0 saturated heterocycles. The van der Waals surface area contributed by atoms with Crippen LogP contribution in [0.25, 0.3) is 6.08 Å². The number of hydrogen-bond donors (Lipinski definition) is 1. The third kappa shape index (κ3) is 5.97. The van der Waals surface area contributed by atoms with Gasteiger partial charge in [-0.15, -0.1) is 0 Å². The van der Waals surface area contributed by atoms with E-state index in [1.807, 2.05) is 38.1 Å². The van der Waals surface area contributed by atoms with Crippen molar-refractivity contribution in [2.45, 2.75) is 46.3 Å². The van der Waals surface area contributed by atoms with Gasteiger partial charge in [-0.2, -0.15) is 0 Å². The predicted octanol–water partition coefficient (Wildman–Crippen LogP) is 4.78. The van der Waals surface area contributed by atoms with Gasteiger partial charge in [0.15, 0.2) is 11.5 Å². The van der Waals surface area contributed by atoms with Gasteiger partial charge in [0, 0.05) is 6.54 Å². The number of benzene rings is 1. The van der Waals surface area contributed by atoms with Gasteiger partial charge in [-0.05, 0) is 81.9 Å². The summed E-state index contributed by atoms with van der Waals surface area (Å²) in [4.78, 5) is 30.1. The van der Waals surface area contributed by atoms with Gasteiger partial charge in [0.1, 0.15) is 11.5 Å². The lowest BCUT2D eigenvalue weighted by Gasteiger charge is -2.28. The fourth-order valence-electron chi connectivity index (χ4n) is 4.12. The number of carbonyl (C=O) groups excluding carboxylic acids is 2. The molecule has 1 unspecified atom stereocenters. The zero-order chi connectivity index (χ0) is 24.7. The largest absolute Gasteiger partial charge is 0.503 e. The molecule has 7 nitrogen and oxygen atoms in total. The number of aliphatic hydroxyl groups excluding tert-OH is 1. The van der Waals surface area contributed by atoms with Crippen LogP contribution >= 0.6 is 0 Å². The summed E-state index contributed by atoms with van der Waals surface area (Å²) in [5, 5.41) is 10.7. The number of ketones is 1. The first-order valence-corrected chi connectivity index (χ1v) is 11.8. The van der Waals surface area contributed by atoms with Crippen LogP contribution in [-0.4, -0.2) is 58.9 Å². The molecule has 1 aliphatic rings. The van der Waals surface area contributed by atoms with Gasteiger partial charge in [0.05, 0.1) is 24.0 Å². The zero-order valence-electron chi connectivity index (χ0n) is 20.4. The van der Waals surface area contributed by atoms with Crippen LogP contribution in [0.3, 0.4) is 0 Å². The molecule has 7 heteroatoms. The maximum absolute atomic E-state index is 13.2. The molecule has 1 amide bonds. The van der Waals surface area contributed by atoms with Crippen molar-refractivity contribution in [2.75, 3.05) is 26.2 Å². The first-order valence-electron chi connectivity index (χ1n) is 11.8. The van der Waals surface area contributed by atoms with Crippen molar-refractivity contribution >= 4 is 17.8 Å². The first kappa shape index (κ1) is 25.3. The second-order valence-corrected chi connectivity index (χ2v) is 8.49. The topological polar surface area (TPSA) is 83.2 Å². The molecule has 0 aliphatic carbocycles. The summed E-state index contributed by atoms with van der Waals surface area (Å²) in [6.07, 6.45) is 5.15. The lowest BCUT2D eigenvalue weighted by Crippen LogP contribution is -2.34. The van der Waals surface area contributed by atoms with Crippen LogP contribution in [0.15, 0.2) is 64.5 Å². The average Bonchev–Trinajstić information content (AvgIpc) is 3.43. The highest BCUT2D eigenvalue weighted by atomic mass is 16.5. The maximum atomic E-state index is 13.2. The van der Waals surface area contributed by atoms with E-state index < -0.39 is 23.5 Å². The van der Waals surface area contributed by atoms with E-state index in [4.69, 9.17) is 9.15 Å². The smallest absolute Gasteiger partial charge is 0.290 e. The average molecular weight is 467 g/mol. The quantitative estimate of drug-likeness (QED) is 0.454. The van der Waals surface area contributed by atoms with E-state index in [-0.39, 0.29) is 11.7 Å². The fourth-order valence-corrected chi connectivity index (χ4v) is 4.12. The Labute approximate surface area is 201 Å². The predicted molar refractivity (Wildman–Crippen MR) is 131 cm³/mol. The van der Waals surface area contributed by atoms with E-state index in [1.165, 1.54) is 18.4 Å². The van der Waals surface area contributed by atoms with Gasteiger partial charge in [0.2, 0.25) is 0 Å². The third-order valence-corrected chi connectivity index (χ3v) is 5.85. The Kier molecular flexibility index (Phi) is 8.71. The van der Waals surface area contributed by atoms with Crippen LogP contribution in [0.4, 0.5) is 0 Å². The van der Waals surface area contributed by atoms with Gasteiger partial charge in [0.25, 0.3) is 5.91 Å². The Hall–Kier alpha value is -3.32. The Balaban J connectivity index is 1.89. The van der Waals surface area contributed by atoms with Crippen molar-refractivity contribution in [3.05, 3.63) is 71.4 Å². The Morgan fingerprint density at radius 2 is 1.91 bits per heavy atom. The van der Waals surface area contributed by atoms with Crippen molar-refractivity contribution in [2.24, 2.45) is 0 Å². The van der Waals surface area contributed by atoms with Gasteiger partial charge in [-0.1, -0.05) is 26.0 Å². The number of aliphatic hydroxyl groups is 1. The highest BCUT2D eigenvalue weighted by Gasteiger charge is 2.42. The van der Waals surface area contributed by atoms with Crippen LogP contribution in [0, 0.1) is 0 Å². The molecule has 2 heterocycles. The fraction of sp³-hybridized carbons (Fsp3) is 0.407. The van der Waals surface area contributed by atoms with Gasteiger partial charge in [-0.3, -0.25) is 9.59 Å². The third-order valence-electron chi connectivity index (χ3n) is 5.85. The SMILES string of the molecule is CCN(CC)CCCN1C(=O)C(O)=C(C(=O)/C=C/c2ccco2)C1c1ccc(OC(C)C)cc1. The lowest BCUT2D eigenvalue weighted by atomic mass is 9.95. The van der Waals surface area contributed by atoms with Crippen molar-refractivity contribution in [3.63, 3.8) is 0 Å². The number of carbonyl (C=O) groups is 2. The molecule has 34 heavy (non-hydrogen) atoms. The summed E-state index contributed by atoms with van der Waals surface area (Å²) < 4.78 is 11.0. The van der Waals surface area contributed by atoms with Crippen LogP contribution in [0.2, 0.25) is 0 Å². The molecule has 1 aliphatic heterocycles. The molecular formula is C27H34N2O5. The maximum Gasteiger partial charge on any atom is 0.290 e. The number of allylic oxidation sites excluding steroid dienone is 1. The van der Waals surface area contributed by atoms with Gasteiger partial charge < -0.3 is 24.1 Å². The summed E-state index contributed by atoms with van der Waals surface area (Å²) in [5.41, 5.74) is 0.819. The Morgan fingerprint density at radius 3 is 2.50 bits per heavy atom. The van der Waals surface area contributed by atoms with Crippen LogP contribution in [0.1, 0.15) is 51.5 Å². The van der Waals surface area contributed by atoms with Gasteiger partial charge in [-0.25, -0.2) is 0 Å². The van der Waals surface area contributed by atoms with E-state index >= 15 is 0 Å². The van der Waals surface area contributed by atoms with Crippen LogP contribution < -0.4 is 4.74 Å². The molecule has 1 aromatic carbocycles. The summed E-state index contributed by atoms with van der Waals surface area (Å²) >= 11 is 0. The number of furan rings is 1. The number of hydrogen-bond acceptors (Lipinski definition) is 6. The summed E-state index contributed by atoms with van der Waals surface area (Å²) in [6, 6.07) is 10.1. The van der Waals surface area contributed by atoms with E-state index in [9.17, 15) is 14.7 Å². The number of rotatable bonds is 12. The molecule has 3 rings (SSSR count). The van der Waals surface area contributed by atoms with Crippen molar-refractivity contribution in [1.29, 1.82) is 0 Å². The molecular weight excluding hydrogens is 432 g/mol. The van der Waals surface area contributed by atoms with Crippen molar-refractivity contribution in [3.8, 4) is 5.75 Å². The standard InChI is InChI=1S/C27H34N2O5/c1-5-28(6-2)16-8-17-29-25(20-10-12-22(13-11-20)34-19(3)4)24(26(31)27(29)32)23(30)15-14-21-9-7-18-33-21/h7,9-15,18-19,25,31H,5-6,8,16-17H2,1-4H3/b15-14+. The number of ether oxygens (including phenoxy) is 1. The molecule has 1 aromatic heterocycles. The second-order valence-electron chi connectivity index (χ2n) is 8.49. The minimum absolute atomic E-state index is 0.0308. The molecule has 0 saturated carbocycles. The molecule has 1 N–H and O–H groups in total. The molecule has 0 radical (unpaired) electrons. The number of nitrogens with zero attached hydrogens (tertiary/aromatic N) is 2.